The normalized spacial score (nSPS) is 17.9. The monoisotopic (exact) mass is 265 g/mol. The Morgan fingerprint density at radius 3 is 2.58 bits per heavy atom. The van der Waals surface area contributed by atoms with Crippen molar-refractivity contribution < 1.29 is 14.7 Å². The number of amides is 1. The Bertz CT molecular complexity index is 450. The van der Waals surface area contributed by atoms with Crippen LogP contribution in [0.25, 0.3) is 0 Å². The second-order valence-electron chi connectivity index (χ2n) is 5.05. The van der Waals surface area contributed by atoms with Crippen LogP contribution in [0, 0.1) is 0 Å². The summed E-state index contributed by atoms with van der Waals surface area (Å²) < 4.78 is 1.51. The molecule has 2 rings (SSSR count). The van der Waals surface area contributed by atoms with Crippen LogP contribution in [0.2, 0.25) is 0 Å². The van der Waals surface area contributed by atoms with Crippen LogP contribution in [0.5, 0.6) is 0 Å². The first-order chi connectivity index (χ1) is 9.06. The van der Waals surface area contributed by atoms with Crippen molar-refractivity contribution in [2.75, 3.05) is 7.05 Å². The number of carbonyl (C=O) groups excluding carboxylic acids is 1. The maximum atomic E-state index is 12.2. The Balaban J connectivity index is 2.12. The van der Waals surface area contributed by atoms with Gasteiger partial charge in [-0.05, 0) is 18.9 Å². The van der Waals surface area contributed by atoms with Crippen molar-refractivity contribution in [3.63, 3.8) is 0 Å². The molecule has 19 heavy (non-hydrogen) atoms. The number of carboxylic acids is 1. The van der Waals surface area contributed by atoms with Gasteiger partial charge in [0.25, 0.3) is 0 Å². The van der Waals surface area contributed by atoms with Crippen molar-refractivity contribution in [2.24, 2.45) is 0 Å². The SMILES string of the molecule is CN(C(=O)Cn1cccn1)C1(C(=O)O)CCCCC1. The quantitative estimate of drug-likeness (QED) is 0.885. The minimum Gasteiger partial charge on any atom is -0.479 e. The molecule has 0 saturated heterocycles. The van der Waals surface area contributed by atoms with E-state index in [4.69, 9.17) is 0 Å². The molecule has 0 aromatic carbocycles. The smallest absolute Gasteiger partial charge is 0.329 e. The molecule has 0 radical (unpaired) electrons. The fraction of sp³-hybridized carbons (Fsp3) is 0.615. The van der Waals surface area contributed by atoms with Gasteiger partial charge in [0, 0.05) is 19.4 Å². The summed E-state index contributed by atoms with van der Waals surface area (Å²) in [6.45, 7) is 0.0819. The molecule has 6 heteroatoms. The first-order valence-electron chi connectivity index (χ1n) is 6.54. The molecule has 0 unspecified atom stereocenters. The molecule has 1 aliphatic carbocycles. The highest BCUT2D eigenvalue weighted by atomic mass is 16.4. The van der Waals surface area contributed by atoms with Crippen LogP contribution in [-0.2, 0) is 16.1 Å². The number of aromatic nitrogens is 2. The fourth-order valence-electron chi connectivity index (χ4n) is 2.71. The van der Waals surface area contributed by atoms with E-state index in [1.807, 2.05) is 0 Å². The van der Waals surface area contributed by atoms with Crippen molar-refractivity contribution in [3.8, 4) is 0 Å². The van der Waals surface area contributed by atoms with E-state index in [9.17, 15) is 14.7 Å². The van der Waals surface area contributed by atoms with Gasteiger partial charge in [-0.1, -0.05) is 19.3 Å². The molecule has 1 aromatic rings. The Kier molecular flexibility index (Phi) is 3.87. The molecule has 0 atom stereocenters. The summed E-state index contributed by atoms with van der Waals surface area (Å²) in [5.74, 6) is -1.11. The van der Waals surface area contributed by atoms with Crippen molar-refractivity contribution in [2.45, 2.75) is 44.2 Å². The average molecular weight is 265 g/mol. The first-order valence-corrected chi connectivity index (χ1v) is 6.54. The van der Waals surface area contributed by atoms with Crippen molar-refractivity contribution in [3.05, 3.63) is 18.5 Å². The minimum atomic E-state index is -1.04. The summed E-state index contributed by atoms with van der Waals surface area (Å²) in [6, 6.07) is 1.74. The van der Waals surface area contributed by atoms with Crippen LogP contribution < -0.4 is 0 Å². The number of aliphatic carboxylic acids is 1. The maximum absolute atomic E-state index is 12.2. The average Bonchev–Trinajstić information content (AvgIpc) is 2.91. The molecule has 1 heterocycles. The molecule has 1 amide bonds. The van der Waals surface area contributed by atoms with Gasteiger partial charge in [-0.2, -0.15) is 5.10 Å². The van der Waals surface area contributed by atoms with Crippen LogP contribution in [0.15, 0.2) is 18.5 Å². The number of carbonyl (C=O) groups is 2. The van der Waals surface area contributed by atoms with Crippen molar-refractivity contribution >= 4 is 11.9 Å². The van der Waals surface area contributed by atoms with E-state index >= 15 is 0 Å². The first kappa shape index (κ1) is 13.6. The van der Waals surface area contributed by atoms with Crippen LogP contribution in [-0.4, -0.2) is 44.3 Å². The Morgan fingerprint density at radius 1 is 1.37 bits per heavy atom. The molecule has 104 valence electrons. The van der Waals surface area contributed by atoms with E-state index in [-0.39, 0.29) is 12.5 Å². The van der Waals surface area contributed by atoms with E-state index in [1.54, 1.807) is 25.5 Å². The van der Waals surface area contributed by atoms with E-state index in [2.05, 4.69) is 5.10 Å². The lowest BCUT2D eigenvalue weighted by molar-refractivity contribution is -0.160. The Morgan fingerprint density at radius 2 is 2.05 bits per heavy atom. The predicted molar refractivity (Wildman–Crippen MR) is 68.4 cm³/mol. The van der Waals surface area contributed by atoms with Gasteiger partial charge in [-0.3, -0.25) is 9.48 Å². The van der Waals surface area contributed by atoms with Gasteiger partial charge in [0.05, 0.1) is 0 Å². The van der Waals surface area contributed by atoms with Crippen molar-refractivity contribution in [1.29, 1.82) is 0 Å². The predicted octanol–water partition coefficient (Wildman–Crippen LogP) is 1.13. The summed E-state index contributed by atoms with van der Waals surface area (Å²) in [4.78, 5) is 25.2. The van der Waals surface area contributed by atoms with Crippen LogP contribution in [0.3, 0.4) is 0 Å². The molecule has 1 N–H and O–H groups in total. The van der Waals surface area contributed by atoms with Gasteiger partial charge in [0.2, 0.25) is 5.91 Å². The van der Waals surface area contributed by atoms with Gasteiger partial charge in [0.1, 0.15) is 12.1 Å². The van der Waals surface area contributed by atoms with Crippen molar-refractivity contribution in [1.82, 2.24) is 14.7 Å². The van der Waals surface area contributed by atoms with Crippen LogP contribution in [0.4, 0.5) is 0 Å². The number of hydrogen-bond acceptors (Lipinski definition) is 3. The van der Waals surface area contributed by atoms with E-state index < -0.39 is 11.5 Å². The number of rotatable bonds is 4. The molecule has 0 bridgehead atoms. The summed E-state index contributed by atoms with van der Waals surface area (Å²) in [5, 5.41) is 13.5. The topological polar surface area (TPSA) is 75.4 Å². The third kappa shape index (κ3) is 2.62. The van der Waals surface area contributed by atoms with Gasteiger partial charge >= 0.3 is 5.97 Å². The second kappa shape index (κ2) is 5.42. The lowest BCUT2D eigenvalue weighted by Gasteiger charge is -2.41. The maximum Gasteiger partial charge on any atom is 0.329 e. The Hall–Kier alpha value is -1.85. The summed E-state index contributed by atoms with van der Waals surface area (Å²) in [5.41, 5.74) is -1.04. The number of likely N-dealkylation sites (N-methyl/N-ethyl adjacent to an activating group) is 1. The summed E-state index contributed by atoms with van der Waals surface area (Å²) in [6.07, 6.45) is 7.10. The number of hydrogen-bond donors (Lipinski definition) is 1. The fourth-order valence-corrected chi connectivity index (χ4v) is 2.71. The molecule has 1 aliphatic rings. The Labute approximate surface area is 112 Å². The van der Waals surface area contributed by atoms with Crippen LogP contribution in [0.1, 0.15) is 32.1 Å². The highest BCUT2D eigenvalue weighted by Crippen LogP contribution is 2.33. The van der Waals surface area contributed by atoms with Gasteiger partial charge in [-0.15, -0.1) is 0 Å². The van der Waals surface area contributed by atoms with E-state index in [1.165, 1.54) is 9.58 Å². The molecule has 6 nitrogen and oxygen atoms in total. The van der Waals surface area contributed by atoms with Gasteiger partial charge < -0.3 is 10.0 Å². The zero-order chi connectivity index (χ0) is 13.9. The standard InChI is InChI=1S/C13H19N3O3/c1-15(11(17)10-16-9-5-8-14-16)13(12(18)19)6-3-2-4-7-13/h5,8-9H,2-4,6-7,10H2,1H3,(H,18,19). The van der Waals surface area contributed by atoms with Gasteiger partial charge in [0.15, 0.2) is 0 Å². The summed E-state index contributed by atoms with van der Waals surface area (Å²) in [7, 11) is 1.59. The zero-order valence-corrected chi connectivity index (χ0v) is 11.1. The molecule has 1 fully saturated rings. The largest absolute Gasteiger partial charge is 0.479 e. The third-order valence-corrected chi connectivity index (χ3v) is 3.95. The highest BCUT2D eigenvalue weighted by molar-refractivity contribution is 5.86. The number of carboxylic acid groups (broad SMARTS) is 1. The number of nitrogens with zero attached hydrogens (tertiary/aromatic N) is 3. The zero-order valence-electron chi connectivity index (χ0n) is 11.1. The van der Waals surface area contributed by atoms with Crippen LogP contribution >= 0.6 is 0 Å². The molecule has 1 aromatic heterocycles. The summed E-state index contributed by atoms with van der Waals surface area (Å²) >= 11 is 0. The highest BCUT2D eigenvalue weighted by Gasteiger charge is 2.45. The molecule has 1 saturated carbocycles. The lowest BCUT2D eigenvalue weighted by Crippen LogP contribution is -2.57. The lowest BCUT2D eigenvalue weighted by atomic mass is 9.80. The molecule has 0 spiro atoms. The van der Waals surface area contributed by atoms with E-state index in [0.29, 0.717) is 12.8 Å². The third-order valence-electron chi connectivity index (χ3n) is 3.95. The minimum absolute atomic E-state index is 0.0819. The molecular formula is C13H19N3O3. The molecule has 0 aliphatic heterocycles. The van der Waals surface area contributed by atoms with E-state index in [0.717, 1.165) is 19.3 Å². The second-order valence-corrected chi connectivity index (χ2v) is 5.05. The molecular weight excluding hydrogens is 246 g/mol. The van der Waals surface area contributed by atoms with Gasteiger partial charge in [-0.25, -0.2) is 4.79 Å².